The highest BCUT2D eigenvalue weighted by Crippen LogP contribution is 1.96. The van der Waals surface area contributed by atoms with Crippen LogP contribution in [0.2, 0.25) is 0 Å². The van der Waals surface area contributed by atoms with Crippen LogP contribution < -0.4 is 0 Å². The Labute approximate surface area is 75.7 Å². The van der Waals surface area contributed by atoms with Crippen molar-refractivity contribution >= 4 is 0 Å². The van der Waals surface area contributed by atoms with E-state index in [-0.39, 0.29) is 5.48 Å². The highest BCUT2D eigenvalue weighted by molar-refractivity contribution is 5.13. The minimum Gasteiger partial charge on any atom is -0.412 e. The summed E-state index contributed by atoms with van der Waals surface area (Å²) in [7, 11) is 0. The lowest BCUT2D eigenvalue weighted by molar-refractivity contribution is 0.824. The second kappa shape index (κ2) is 10.2. The van der Waals surface area contributed by atoms with E-state index in [0.29, 0.717) is 0 Å². The number of rotatable bonds is 1. The minimum absolute atomic E-state index is 0. The molecule has 0 heterocycles. The fraction of sp³-hybridized carbons (Fsp3) is 0.455. The van der Waals surface area contributed by atoms with Crippen molar-refractivity contribution in [2.75, 3.05) is 0 Å². The zero-order chi connectivity index (χ0) is 8.53. The van der Waals surface area contributed by atoms with E-state index < -0.39 is 0 Å². The van der Waals surface area contributed by atoms with Gasteiger partial charge in [0, 0.05) is 0 Å². The highest BCUT2D eigenvalue weighted by Gasteiger charge is 1.79. The molecule has 0 amide bonds. The molecule has 0 spiro atoms. The Morgan fingerprint density at radius 1 is 0.917 bits per heavy atom. The second-order valence-electron chi connectivity index (χ2n) is 2.55. The Balaban J connectivity index is 0. The first-order chi connectivity index (χ1) is 5.35. The van der Waals surface area contributed by atoms with E-state index >= 15 is 0 Å². The molecule has 0 atom stereocenters. The van der Waals surface area contributed by atoms with Gasteiger partial charge in [-0.05, 0) is 12.0 Å². The highest BCUT2D eigenvalue weighted by atomic mass is 16.0. The van der Waals surface area contributed by atoms with Gasteiger partial charge in [-0.1, -0.05) is 57.5 Å². The van der Waals surface area contributed by atoms with E-state index in [4.69, 9.17) is 0 Å². The third-order valence-corrected chi connectivity index (χ3v) is 1.25. The van der Waals surface area contributed by atoms with E-state index in [1.807, 2.05) is 6.07 Å². The SMILES string of the molecule is CCC.CCc1ccccc1.O. The molecule has 0 saturated carbocycles. The lowest BCUT2D eigenvalue weighted by Crippen LogP contribution is -1.73. The molecule has 1 heteroatoms. The summed E-state index contributed by atoms with van der Waals surface area (Å²) in [5, 5.41) is 0. The maximum Gasteiger partial charge on any atom is -0.0307 e. The Kier molecular flexibility index (Phi) is 11.7. The maximum atomic E-state index is 2.16. The van der Waals surface area contributed by atoms with Crippen LogP contribution in [0.1, 0.15) is 32.8 Å². The van der Waals surface area contributed by atoms with Gasteiger partial charge in [-0.25, -0.2) is 0 Å². The Bertz CT molecular complexity index is 158. The molecule has 1 aromatic rings. The van der Waals surface area contributed by atoms with Crippen LogP contribution >= 0.6 is 0 Å². The van der Waals surface area contributed by atoms with E-state index in [2.05, 4.69) is 45.0 Å². The van der Waals surface area contributed by atoms with Crippen LogP contribution in [0, 0.1) is 0 Å². The first-order valence-electron chi connectivity index (χ1n) is 4.39. The van der Waals surface area contributed by atoms with Crippen LogP contribution in [0.15, 0.2) is 30.3 Å². The summed E-state index contributed by atoms with van der Waals surface area (Å²) in [6.07, 6.45) is 2.39. The molecule has 0 aliphatic rings. The van der Waals surface area contributed by atoms with E-state index in [9.17, 15) is 0 Å². The Hall–Kier alpha value is -0.820. The molecule has 0 aliphatic carbocycles. The summed E-state index contributed by atoms with van der Waals surface area (Å²) in [5.74, 6) is 0. The normalized spacial score (nSPS) is 7.58. The average molecular weight is 168 g/mol. The maximum absolute atomic E-state index is 2.16. The predicted molar refractivity (Wildman–Crippen MR) is 55.4 cm³/mol. The quantitative estimate of drug-likeness (QED) is 0.617. The van der Waals surface area contributed by atoms with E-state index in [1.165, 1.54) is 12.0 Å². The van der Waals surface area contributed by atoms with Gasteiger partial charge in [-0.15, -0.1) is 0 Å². The van der Waals surface area contributed by atoms with Crippen molar-refractivity contribution in [2.45, 2.75) is 33.6 Å². The van der Waals surface area contributed by atoms with Crippen molar-refractivity contribution in [3.63, 3.8) is 0 Å². The van der Waals surface area contributed by atoms with Gasteiger partial charge in [0.25, 0.3) is 0 Å². The van der Waals surface area contributed by atoms with Gasteiger partial charge in [0.2, 0.25) is 0 Å². The van der Waals surface area contributed by atoms with Crippen molar-refractivity contribution in [3.05, 3.63) is 35.9 Å². The summed E-state index contributed by atoms with van der Waals surface area (Å²) in [5.41, 5.74) is 1.41. The number of benzene rings is 1. The molecular weight excluding hydrogens is 148 g/mol. The molecule has 2 N–H and O–H groups in total. The molecule has 0 fully saturated rings. The van der Waals surface area contributed by atoms with Gasteiger partial charge in [0.15, 0.2) is 0 Å². The van der Waals surface area contributed by atoms with Crippen LogP contribution in [0.5, 0.6) is 0 Å². The monoisotopic (exact) mass is 168 g/mol. The Morgan fingerprint density at radius 2 is 1.33 bits per heavy atom. The molecule has 0 aliphatic heterocycles. The average Bonchev–Trinajstić information content (AvgIpc) is 2.08. The topological polar surface area (TPSA) is 31.5 Å². The third kappa shape index (κ3) is 7.29. The van der Waals surface area contributed by atoms with Gasteiger partial charge >= 0.3 is 0 Å². The summed E-state index contributed by atoms with van der Waals surface area (Å²) in [6.45, 7) is 6.41. The first kappa shape index (κ1) is 13.7. The fourth-order valence-corrected chi connectivity index (χ4v) is 0.714. The first-order valence-corrected chi connectivity index (χ1v) is 4.39. The molecule has 0 radical (unpaired) electrons. The summed E-state index contributed by atoms with van der Waals surface area (Å²) >= 11 is 0. The van der Waals surface area contributed by atoms with Crippen molar-refractivity contribution in [1.82, 2.24) is 0 Å². The van der Waals surface area contributed by atoms with Crippen LogP contribution in [0.3, 0.4) is 0 Å². The zero-order valence-corrected chi connectivity index (χ0v) is 8.30. The van der Waals surface area contributed by atoms with Gasteiger partial charge in [0.05, 0.1) is 0 Å². The molecule has 0 saturated heterocycles. The van der Waals surface area contributed by atoms with Crippen molar-refractivity contribution < 1.29 is 5.48 Å². The van der Waals surface area contributed by atoms with Gasteiger partial charge in [-0.3, -0.25) is 0 Å². The van der Waals surface area contributed by atoms with Crippen molar-refractivity contribution in [2.24, 2.45) is 0 Å². The summed E-state index contributed by atoms with van der Waals surface area (Å²) < 4.78 is 0. The summed E-state index contributed by atoms with van der Waals surface area (Å²) in [6, 6.07) is 10.5. The Morgan fingerprint density at radius 3 is 1.58 bits per heavy atom. The van der Waals surface area contributed by atoms with Crippen LogP contribution in [0.4, 0.5) is 0 Å². The van der Waals surface area contributed by atoms with Crippen LogP contribution in [0.25, 0.3) is 0 Å². The third-order valence-electron chi connectivity index (χ3n) is 1.25. The molecule has 0 bridgehead atoms. The molecule has 0 aromatic heterocycles. The second-order valence-corrected chi connectivity index (χ2v) is 2.55. The largest absolute Gasteiger partial charge is 0.412 e. The van der Waals surface area contributed by atoms with Crippen LogP contribution in [-0.2, 0) is 6.42 Å². The van der Waals surface area contributed by atoms with Crippen LogP contribution in [-0.4, -0.2) is 5.48 Å². The molecule has 1 rings (SSSR count). The molecule has 1 nitrogen and oxygen atoms in total. The molecule has 1 aromatic carbocycles. The van der Waals surface area contributed by atoms with Crippen molar-refractivity contribution in [3.8, 4) is 0 Å². The molecule has 12 heavy (non-hydrogen) atoms. The molecular formula is C11H20O. The zero-order valence-electron chi connectivity index (χ0n) is 8.30. The van der Waals surface area contributed by atoms with Gasteiger partial charge in [0.1, 0.15) is 0 Å². The lowest BCUT2D eigenvalue weighted by Gasteiger charge is -1.89. The fourth-order valence-electron chi connectivity index (χ4n) is 0.714. The summed E-state index contributed by atoms with van der Waals surface area (Å²) in [4.78, 5) is 0. The van der Waals surface area contributed by atoms with E-state index in [1.54, 1.807) is 0 Å². The lowest BCUT2D eigenvalue weighted by atomic mass is 10.2. The van der Waals surface area contributed by atoms with Crippen molar-refractivity contribution in [1.29, 1.82) is 0 Å². The standard InChI is InChI=1S/C8H10.C3H8.H2O/c1-2-8-6-4-3-5-7-8;1-3-2;/h3-7H,2H2,1H3;3H2,1-2H3;1H2. The van der Waals surface area contributed by atoms with E-state index in [0.717, 1.165) is 6.42 Å². The minimum atomic E-state index is 0. The number of aryl methyl sites for hydroxylation is 1. The van der Waals surface area contributed by atoms with Gasteiger partial charge in [-0.2, -0.15) is 0 Å². The number of hydrogen-bond acceptors (Lipinski definition) is 0. The predicted octanol–water partition coefficient (Wildman–Crippen LogP) is 2.84. The molecule has 0 unspecified atom stereocenters. The number of hydrogen-bond donors (Lipinski definition) is 0. The van der Waals surface area contributed by atoms with Gasteiger partial charge < -0.3 is 5.48 Å². The molecule has 70 valence electrons. The smallest absolute Gasteiger partial charge is 0.0307 e.